The van der Waals surface area contributed by atoms with E-state index in [9.17, 15) is 9.59 Å². The van der Waals surface area contributed by atoms with E-state index < -0.39 is 0 Å². The van der Waals surface area contributed by atoms with Gasteiger partial charge in [-0.2, -0.15) is 0 Å². The molecule has 0 saturated heterocycles. The molecule has 0 saturated carbocycles. The number of amides is 2. The van der Waals surface area contributed by atoms with Gasteiger partial charge < -0.3 is 10.6 Å². The SMILES string of the molecule is CCC(C)NC(=O)c1ccc(Cc2ccc(C(=O)NC(C)CC)cc2)cc1. The molecule has 2 aromatic rings. The molecule has 0 aromatic heterocycles. The number of hydrogen-bond acceptors (Lipinski definition) is 2. The van der Waals surface area contributed by atoms with Crippen LogP contribution in [-0.4, -0.2) is 23.9 Å². The summed E-state index contributed by atoms with van der Waals surface area (Å²) in [7, 11) is 0. The monoisotopic (exact) mass is 366 g/mol. The highest BCUT2D eigenvalue weighted by Gasteiger charge is 2.10. The van der Waals surface area contributed by atoms with Crippen LogP contribution in [0.25, 0.3) is 0 Å². The van der Waals surface area contributed by atoms with Gasteiger partial charge in [0, 0.05) is 23.2 Å². The number of nitrogens with one attached hydrogen (secondary N) is 2. The summed E-state index contributed by atoms with van der Waals surface area (Å²) in [5.41, 5.74) is 3.62. The zero-order valence-corrected chi connectivity index (χ0v) is 16.7. The highest BCUT2D eigenvalue weighted by Crippen LogP contribution is 2.13. The summed E-state index contributed by atoms with van der Waals surface area (Å²) in [5, 5.41) is 5.95. The third-order valence-corrected chi connectivity index (χ3v) is 4.82. The topological polar surface area (TPSA) is 58.2 Å². The zero-order valence-electron chi connectivity index (χ0n) is 16.7. The first kappa shape index (κ1) is 20.7. The van der Waals surface area contributed by atoms with Crippen molar-refractivity contribution >= 4 is 11.8 Å². The fraction of sp³-hybridized carbons (Fsp3) is 0.391. The van der Waals surface area contributed by atoms with E-state index in [1.807, 2.05) is 76.2 Å². The molecule has 2 amide bonds. The minimum Gasteiger partial charge on any atom is -0.350 e. The molecule has 144 valence electrons. The van der Waals surface area contributed by atoms with Gasteiger partial charge in [0.25, 0.3) is 11.8 Å². The Kier molecular flexibility index (Phi) is 7.59. The van der Waals surface area contributed by atoms with Gasteiger partial charge in [-0.3, -0.25) is 9.59 Å². The van der Waals surface area contributed by atoms with E-state index in [1.54, 1.807) is 0 Å². The lowest BCUT2D eigenvalue weighted by atomic mass is 10.0. The molecule has 2 aromatic carbocycles. The Hall–Kier alpha value is -2.62. The second-order valence-electron chi connectivity index (χ2n) is 7.14. The van der Waals surface area contributed by atoms with Gasteiger partial charge in [-0.1, -0.05) is 38.1 Å². The molecular formula is C23H30N2O2. The van der Waals surface area contributed by atoms with Crippen molar-refractivity contribution < 1.29 is 9.59 Å². The molecule has 2 N–H and O–H groups in total. The summed E-state index contributed by atoms with van der Waals surface area (Å²) in [4.78, 5) is 24.3. The first-order valence-corrected chi connectivity index (χ1v) is 9.72. The first-order valence-electron chi connectivity index (χ1n) is 9.72. The molecule has 4 heteroatoms. The van der Waals surface area contributed by atoms with Crippen molar-refractivity contribution in [2.24, 2.45) is 0 Å². The van der Waals surface area contributed by atoms with E-state index in [-0.39, 0.29) is 23.9 Å². The summed E-state index contributed by atoms with van der Waals surface area (Å²) < 4.78 is 0. The van der Waals surface area contributed by atoms with Crippen LogP contribution in [0, 0.1) is 0 Å². The fourth-order valence-corrected chi connectivity index (χ4v) is 2.60. The van der Waals surface area contributed by atoms with Crippen LogP contribution in [0.1, 0.15) is 72.4 Å². The van der Waals surface area contributed by atoms with Gasteiger partial charge in [-0.15, -0.1) is 0 Å². The van der Waals surface area contributed by atoms with Crippen LogP contribution < -0.4 is 10.6 Å². The quantitative estimate of drug-likeness (QED) is 0.730. The molecule has 0 spiro atoms. The van der Waals surface area contributed by atoms with Crippen molar-refractivity contribution in [1.29, 1.82) is 0 Å². The minimum atomic E-state index is -0.0347. The Balaban J connectivity index is 1.97. The molecule has 2 atom stereocenters. The molecule has 27 heavy (non-hydrogen) atoms. The standard InChI is InChI=1S/C23H30N2O2/c1-5-16(3)24-22(26)20-11-7-18(8-12-20)15-19-9-13-21(14-10-19)23(27)25-17(4)6-2/h7-14,16-17H,5-6,15H2,1-4H3,(H,24,26)(H,25,27). The van der Waals surface area contributed by atoms with Gasteiger partial charge in [-0.05, 0) is 68.5 Å². The molecule has 0 heterocycles. The molecule has 0 aliphatic rings. The Labute approximate surface area is 162 Å². The second-order valence-corrected chi connectivity index (χ2v) is 7.14. The lowest BCUT2D eigenvalue weighted by molar-refractivity contribution is 0.0930. The fourth-order valence-electron chi connectivity index (χ4n) is 2.60. The van der Waals surface area contributed by atoms with E-state index in [4.69, 9.17) is 0 Å². The van der Waals surface area contributed by atoms with Crippen molar-refractivity contribution in [3.8, 4) is 0 Å². The maximum absolute atomic E-state index is 12.1. The smallest absolute Gasteiger partial charge is 0.251 e. The van der Waals surface area contributed by atoms with Gasteiger partial charge >= 0.3 is 0 Å². The van der Waals surface area contributed by atoms with Crippen LogP contribution in [0.2, 0.25) is 0 Å². The van der Waals surface area contributed by atoms with Crippen molar-refractivity contribution in [3.05, 3.63) is 70.8 Å². The third kappa shape index (κ3) is 6.24. The van der Waals surface area contributed by atoms with Crippen molar-refractivity contribution in [2.75, 3.05) is 0 Å². The third-order valence-electron chi connectivity index (χ3n) is 4.82. The van der Waals surface area contributed by atoms with E-state index >= 15 is 0 Å². The summed E-state index contributed by atoms with van der Waals surface area (Å²) in [6, 6.07) is 15.7. The number of hydrogen-bond donors (Lipinski definition) is 2. The lowest BCUT2D eigenvalue weighted by Crippen LogP contribution is -2.31. The molecule has 0 aliphatic carbocycles. The Morgan fingerprint density at radius 3 is 1.33 bits per heavy atom. The summed E-state index contributed by atoms with van der Waals surface area (Å²) in [5.74, 6) is -0.0693. The lowest BCUT2D eigenvalue weighted by Gasteiger charge is -2.12. The van der Waals surface area contributed by atoms with Crippen LogP contribution in [-0.2, 0) is 6.42 Å². The highest BCUT2D eigenvalue weighted by atomic mass is 16.2. The Morgan fingerprint density at radius 1 is 0.704 bits per heavy atom. The summed E-state index contributed by atoms with van der Waals surface area (Å²) >= 11 is 0. The Morgan fingerprint density at radius 2 is 1.04 bits per heavy atom. The van der Waals surface area contributed by atoms with Crippen LogP contribution >= 0.6 is 0 Å². The summed E-state index contributed by atoms with van der Waals surface area (Å²) in [6.45, 7) is 8.10. The van der Waals surface area contributed by atoms with Gasteiger partial charge in [0.15, 0.2) is 0 Å². The molecule has 2 unspecified atom stereocenters. The molecule has 4 nitrogen and oxygen atoms in total. The van der Waals surface area contributed by atoms with E-state index in [0.717, 1.165) is 30.4 Å². The zero-order chi connectivity index (χ0) is 19.8. The highest BCUT2D eigenvalue weighted by molar-refractivity contribution is 5.94. The van der Waals surface area contributed by atoms with Crippen molar-refractivity contribution in [3.63, 3.8) is 0 Å². The maximum atomic E-state index is 12.1. The molecular weight excluding hydrogens is 336 g/mol. The van der Waals surface area contributed by atoms with Crippen molar-refractivity contribution in [2.45, 2.75) is 59.0 Å². The average Bonchev–Trinajstić information content (AvgIpc) is 2.68. The van der Waals surface area contributed by atoms with E-state index in [0.29, 0.717) is 11.1 Å². The molecule has 0 bridgehead atoms. The average molecular weight is 367 g/mol. The van der Waals surface area contributed by atoms with E-state index in [2.05, 4.69) is 10.6 Å². The number of rotatable bonds is 8. The molecule has 0 aliphatic heterocycles. The van der Waals surface area contributed by atoms with Crippen LogP contribution in [0.3, 0.4) is 0 Å². The predicted molar refractivity (Wildman–Crippen MR) is 110 cm³/mol. The predicted octanol–water partition coefficient (Wildman–Crippen LogP) is 4.33. The van der Waals surface area contributed by atoms with Crippen LogP contribution in [0.15, 0.2) is 48.5 Å². The summed E-state index contributed by atoms with van der Waals surface area (Å²) in [6.07, 6.45) is 2.59. The maximum Gasteiger partial charge on any atom is 0.251 e. The molecule has 2 rings (SSSR count). The first-order chi connectivity index (χ1) is 12.9. The number of carbonyl (C=O) groups excluding carboxylic acids is 2. The minimum absolute atomic E-state index is 0.0347. The largest absolute Gasteiger partial charge is 0.350 e. The number of carbonyl (C=O) groups is 2. The van der Waals surface area contributed by atoms with Crippen LogP contribution in [0.5, 0.6) is 0 Å². The van der Waals surface area contributed by atoms with E-state index in [1.165, 1.54) is 0 Å². The molecule has 0 radical (unpaired) electrons. The van der Waals surface area contributed by atoms with Gasteiger partial charge in [-0.25, -0.2) is 0 Å². The van der Waals surface area contributed by atoms with Gasteiger partial charge in [0.05, 0.1) is 0 Å². The van der Waals surface area contributed by atoms with Gasteiger partial charge in [0.1, 0.15) is 0 Å². The Bertz CT molecular complexity index is 685. The van der Waals surface area contributed by atoms with Crippen LogP contribution in [0.4, 0.5) is 0 Å². The normalized spacial score (nSPS) is 12.9. The number of benzene rings is 2. The van der Waals surface area contributed by atoms with Gasteiger partial charge in [0.2, 0.25) is 0 Å². The van der Waals surface area contributed by atoms with Crippen molar-refractivity contribution in [1.82, 2.24) is 10.6 Å². The second kappa shape index (κ2) is 9.91. The molecule has 0 fully saturated rings.